The minimum Gasteiger partial charge on any atom is -0.368 e. The summed E-state index contributed by atoms with van der Waals surface area (Å²) in [4.78, 5) is 19.4. The molecule has 3 aromatic rings. The number of fused-ring (bicyclic) bond motifs is 1. The van der Waals surface area contributed by atoms with Crippen LogP contribution in [-0.2, 0) is 4.79 Å². The summed E-state index contributed by atoms with van der Waals surface area (Å²) in [6.07, 6.45) is 3.49. The second kappa shape index (κ2) is 5.17. The zero-order chi connectivity index (χ0) is 15.0. The van der Waals surface area contributed by atoms with E-state index in [-0.39, 0.29) is 11.9 Å². The third-order valence-corrected chi connectivity index (χ3v) is 3.45. The zero-order valence-electron chi connectivity index (χ0n) is 11.2. The number of aromatic nitrogens is 3. The van der Waals surface area contributed by atoms with E-state index in [9.17, 15) is 4.79 Å². The van der Waals surface area contributed by atoms with Gasteiger partial charge in [0.15, 0.2) is 0 Å². The molecule has 3 N–H and O–H groups in total. The quantitative estimate of drug-likeness (QED) is 0.747. The number of carbonyl (C=O) groups excluding carboxylic acids is 1. The first-order valence-corrected chi connectivity index (χ1v) is 7.01. The standard InChI is InChI=1S/C14H12BrN5O/c1-8(21)18-11-6-9(15)7-12-10(11)3-5-20(12)13-2-4-17-14(16)19-13/h2-7H,1H3,(H,18,21)(H2,16,17,19). The number of hydrogen-bond donors (Lipinski definition) is 2. The number of amides is 1. The number of hydrogen-bond acceptors (Lipinski definition) is 4. The molecule has 0 unspecified atom stereocenters. The van der Waals surface area contributed by atoms with Crippen LogP contribution in [0.1, 0.15) is 6.92 Å². The first-order chi connectivity index (χ1) is 10.0. The number of anilines is 2. The van der Waals surface area contributed by atoms with Crippen molar-refractivity contribution in [2.45, 2.75) is 6.92 Å². The number of nitrogens with zero attached hydrogens (tertiary/aromatic N) is 3. The van der Waals surface area contributed by atoms with Gasteiger partial charge in [-0.15, -0.1) is 0 Å². The van der Waals surface area contributed by atoms with Gasteiger partial charge in [-0.1, -0.05) is 15.9 Å². The van der Waals surface area contributed by atoms with Crippen molar-refractivity contribution < 1.29 is 4.79 Å². The van der Waals surface area contributed by atoms with Gasteiger partial charge >= 0.3 is 0 Å². The van der Waals surface area contributed by atoms with E-state index in [0.29, 0.717) is 5.82 Å². The molecule has 0 atom stereocenters. The van der Waals surface area contributed by atoms with E-state index in [1.807, 2.05) is 29.0 Å². The molecule has 21 heavy (non-hydrogen) atoms. The van der Waals surface area contributed by atoms with Crippen LogP contribution in [0, 0.1) is 0 Å². The Hall–Kier alpha value is -2.41. The summed E-state index contributed by atoms with van der Waals surface area (Å²) < 4.78 is 2.75. The van der Waals surface area contributed by atoms with E-state index in [0.717, 1.165) is 21.1 Å². The zero-order valence-corrected chi connectivity index (χ0v) is 12.8. The molecule has 2 aromatic heterocycles. The van der Waals surface area contributed by atoms with Crippen LogP contribution in [0.25, 0.3) is 16.7 Å². The second-order valence-corrected chi connectivity index (χ2v) is 5.44. The van der Waals surface area contributed by atoms with Crippen LogP contribution < -0.4 is 11.1 Å². The molecule has 0 radical (unpaired) electrons. The van der Waals surface area contributed by atoms with Gasteiger partial charge in [-0.25, -0.2) is 4.98 Å². The highest BCUT2D eigenvalue weighted by Crippen LogP contribution is 2.30. The van der Waals surface area contributed by atoms with Gasteiger partial charge in [0.25, 0.3) is 0 Å². The average molecular weight is 346 g/mol. The molecule has 0 aliphatic rings. The molecule has 0 bridgehead atoms. The Morgan fingerprint density at radius 1 is 1.38 bits per heavy atom. The molecule has 2 heterocycles. The third kappa shape index (κ3) is 2.59. The van der Waals surface area contributed by atoms with Crippen LogP contribution in [-0.4, -0.2) is 20.4 Å². The Morgan fingerprint density at radius 2 is 2.19 bits per heavy atom. The second-order valence-electron chi connectivity index (χ2n) is 4.53. The summed E-state index contributed by atoms with van der Waals surface area (Å²) in [7, 11) is 0. The summed E-state index contributed by atoms with van der Waals surface area (Å²) >= 11 is 3.46. The minimum absolute atomic E-state index is 0.117. The number of nitrogens with one attached hydrogen (secondary N) is 1. The molecule has 0 saturated heterocycles. The van der Waals surface area contributed by atoms with E-state index in [4.69, 9.17) is 5.73 Å². The van der Waals surface area contributed by atoms with Gasteiger partial charge in [0.2, 0.25) is 11.9 Å². The summed E-state index contributed by atoms with van der Waals surface area (Å²) in [6.45, 7) is 1.48. The van der Waals surface area contributed by atoms with Crippen molar-refractivity contribution >= 4 is 44.4 Å². The lowest BCUT2D eigenvalue weighted by molar-refractivity contribution is -0.114. The van der Waals surface area contributed by atoms with Crippen LogP contribution in [0.15, 0.2) is 41.1 Å². The highest BCUT2D eigenvalue weighted by molar-refractivity contribution is 9.10. The fourth-order valence-corrected chi connectivity index (χ4v) is 2.64. The smallest absolute Gasteiger partial charge is 0.221 e. The van der Waals surface area contributed by atoms with Gasteiger partial charge in [-0.05, 0) is 24.3 Å². The third-order valence-electron chi connectivity index (χ3n) is 2.99. The van der Waals surface area contributed by atoms with Crippen LogP contribution in [0.4, 0.5) is 11.6 Å². The normalized spacial score (nSPS) is 10.8. The Balaban J connectivity index is 2.22. The molecule has 1 aromatic carbocycles. The maximum atomic E-state index is 11.3. The van der Waals surface area contributed by atoms with E-state index < -0.39 is 0 Å². The van der Waals surface area contributed by atoms with Gasteiger partial charge in [0.05, 0.1) is 11.2 Å². The molecule has 6 nitrogen and oxygen atoms in total. The molecular formula is C14H12BrN5O. The predicted octanol–water partition coefficient (Wildman–Crippen LogP) is 2.72. The summed E-state index contributed by atoms with van der Waals surface area (Å²) in [5, 5.41) is 3.75. The van der Waals surface area contributed by atoms with Crippen LogP contribution in [0.2, 0.25) is 0 Å². The molecule has 7 heteroatoms. The number of benzene rings is 1. The first kappa shape index (κ1) is 13.6. The van der Waals surface area contributed by atoms with Crippen molar-refractivity contribution in [2.75, 3.05) is 11.1 Å². The number of carbonyl (C=O) groups is 1. The monoisotopic (exact) mass is 345 g/mol. The SMILES string of the molecule is CC(=O)Nc1cc(Br)cc2c1ccn2-c1ccnc(N)n1. The Labute approximate surface area is 129 Å². The Kier molecular flexibility index (Phi) is 3.34. The number of nitrogens with two attached hydrogens (primary N) is 1. The highest BCUT2D eigenvalue weighted by Gasteiger charge is 2.10. The van der Waals surface area contributed by atoms with Crippen molar-refractivity contribution in [3.05, 3.63) is 41.1 Å². The Morgan fingerprint density at radius 3 is 2.90 bits per heavy atom. The van der Waals surface area contributed by atoms with Gasteiger partial charge in [0.1, 0.15) is 5.82 Å². The summed E-state index contributed by atoms with van der Waals surface area (Å²) in [6, 6.07) is 7.52. The lowest BCUT2D eigenvalue weighted by Gasteiger charge is -2.08. The molecule has 0 fully saturated rings. The highest BCUT2D eigenvalue weighted by atomic mass is 79.9. The van der Waals surface area contributed by atoms with E-state index >= 15 is 0 Å². The van der Waals surface area contributed by atoms with Crippen molar-refractivity contribution in [1.82, 2.24) is 14.5 Å². The van der Waals surface area contributed by atoms with Crippen molar-refractivity contribution in [1.29, 1.82) is 0 Å². The van der Waals surface area contributed by atoms with Crippen LogP contribution in [0.5, 0.6) is 0 Å². The molecular weight excluding hydrogens is 334 g/mol. The predicted molar refractivity (Wildman–Crippen MR) is 85.3 cm³/mol. The molecule has 106 valence electrons. The van der Waals surface area contributed by atoms with Gasteiger partial charge < -0.3 is 15.6 Å². The summed E-state index contributed by atoms with van der Waals surface area (Å²) in [5.74, 6) is 0.768. The fraction of sp³-hybridized carbons (Fsp3) is 0.0714. The molecule has 0 aliphatic heterocycles. The molecule has 0 aliphatic carbocycles. The Bertz CT molecular complexity index is 842. The van der Waals surface area contributed by atoms with E-state index in [1.54, 1.807) is 12.3 Å². The van der Waals surface area contributed by atoms with Gasteiger partial charge in [0, 0.05) is 29.2 Å². The number of halogens is 1. The number of nitrogen functional groups attached to an aromatic ring is 1. The van der Waals surface area contributed by atoms with E-state index in [2.05, 4.69) is 31.2 Å². The summed E-state index contributed by atoms with van der Waals surface area (Å²) in [5.41, 5.74) is 7.28. The molecule has 0 spiro atoms. The minimum atomic E-state index is -0.117. The van der Waals surface area contributed by atoms with Crippen LogP contribution >= 0.6 is 15.9 Å². The van der Waals surface area contributed by atoms with E-state index in [1.165, 1.54) is 6.92 Å². The van der Waals surface area contributed by atoms with Gasteiger partial charge in [-0.3, -0.25) is 4.79 Å². The van der Waals surface area contributed by atoms with Gasteiger partial charge in [-0.2, -0.15) is 4.98 Å². The topological polar surface area (TPSA) is 85.8 Å². The molecule has 3 rings (SSSR count). The maximum Gasteiger partial charge on any atom is 0.221 e. The van der Waals surface area contributed by atoms with Crippen molar-refractivity contribution in [2.24, 2.45) is 0 Å². The average Bonchev–Trinajstić information content (AvgIpc) is 2.81. The largest absolute Gasteiger partial charge is 0.368 e. The first-order valence-electron chi connectivity index (χ1n) is 6.21. The lowest BCUT2D eigenvalue weighted by atomic mass is 10.2. The molecule has 1 amide bonds. The molecule has 0 saturated carbocycles. The maximum absolute atomic E-state index is 11.3. The van der Waals surface area contributed by atoms with Crippen LogP contribution in [0.3, 0.4) is 0 Å². The number of rotatable bonds is 2. The van der Waals surface area contributed by atoms with Crippen molar-refractivity contribution in [3.63, 3.8) is 0 Å². The lowest BCUT2D eigenvalue weighted by Crippen LogP contribution is -2.06. The fourth-order valence-electron chi connectivity index (χ4n) is 2.20. The van der Waals surface area contributed by atoms with Crippen molar-refractivity contribution in [3.8, 4) is 5.82 Å².